The summed E-state index contributed by atoms with van der Waals surface area (Å²) in [4.78, 5) is 12.6. The van der Waals surface area contributed by atoms with Crippen LogP contribution >= 0.6 is 11.8 Å². The summed E-state index contributed by atoms with van der Waals surface area (Å²) in [5.74, 6) is 0.689. The summed E-state index contributed by atoms with van der Waals surface area (Å²) < 4.78 is 2.25. The van der Waals surface area contributed by atoms with Gasteiger partial charge in [-0.1, -0.05) is 109 Å². The molecular weight excluding hydrogens is 543 g/mol. The molecule has 3 nitrogen and oxygen atoms in total. The first-order valence-electron chi connectivity index (χ1n) is 14.6. The normalized spacial score (nSPS) is 14.1. The molecule has 43 heavy (non-hydrogen) atoms. The van der Waals surface area contributed by atoms with Crippen molar-refractivity contribution in [1.29, 1.82) is 0 Å². The van der Waals surface area contributed by atoms with Gasteiger partial charge in [-0.2, -0.15) is 0 Å². The maximum atomic E-state index is 5.08. The van der Waals surface area contributed by atoms with Crippen LogP contribution in [0.5, 0.6) is 0 Å². The van der Waals surface area contributed by atoms with Gasteiger partial charge in [0.2, 0.25) is 5.95 Å². The Balaban J connectivity index is 1.39. The minimum Gasteiger partial charge on any atom is -0.278 e. The molecule has 0 saturated heterocycles. The van der Waals surface area contributed by atoms with Gasteiger partial charge in [-0.05, 0) is 69.8 Å². The highest BCUT2D eigenvalue weighted by molar-refractivity contribution is 7.99. The minimum atomic E-state index is -0.427. The predicted octanol–water partition coefficient (Wildman–Crippen LogP) is 9.55. The summed E-state index contributed by atoms with van der Waals surface area (Å²) in [6, 6.07) is 48.6. The van der Waals surface area contributed by atoms with E-state index >= 15 is 0 Å². The van der Waals surface area contributed by atoms with Gasteiger partial charge in [0.25, 0.3) is 0 Å². The molecule has 1 aliphatic heterocycles. The van der Waals surface area contributed by atoms with Crippen molar-refractivity contribution in [2.24, 2.45) is 0 Å². The van der Waals surface area contributed by atoms with Gasteiger partial charge in [-0.15, -0.1) is 0 Å². The fraction of sp³-hybridized carbons (Fsp3) is 0.0256. The molecule has 0 N–H and O–H groups in total. The van der Waals surface area contributed by atoms with Crippen LogP contribution in [-0.4, -0.2) is 14.5 Å². The maximum Gasteiger partial charge on any atom is 0.235 e. The number of nitrogens with zero attached hydrogens (tertiary/aromatic N) is 3. The Bertz CT molecular complexity index is 2410. The second-order valence-corrected chi connectivity index (χ2v) is 12.5. The van der Waals surface area contributed by atoms with E-state index in [0.717, 1.165) is 21.9 Å². The summed E-state index contributed by atoms with van der Waals surface area (Å²) in [5.41, 5.74) is 10.7. The van der Waals surface area contributed by atoms with Gasteiger partial charge >= 0.3 is 0 Å². The van der Waals surface area contributed by atoms with Crippen LogP contribution in [0.3, 0.4) is 0 Å². The van der Waals surface area contributed by atoms with Crippen molar-refractivity contribution in [2.45, 2.75) is 15.2 Å². The molecule has 0 bridgehead atoms. The molecule has 0 atom stereocenters. The van der Waals surface area contributed by atoms with Crippen LogP contribution in [0.15, 0.2) is 149 Å². The highest BCUT2D eigenvalue weighted by Gasteiger charge is 2.50. The van der Waals surface area contributed by atoms with Gasteiger partial charge in [-0.3, -0.25) is 4.57 Å². The van der Waals surface area contributed by atoms with Crippen molar-refractivity contribution >= 4 is 44.5 Å². The number of hydrogen-bond acceptors (Lipinski definition) is 3. The van der Waals surface area contributed by atoms with E-state index in [2.05, 4.69) is 126 Å². The van der Waals surface area contributed by atoms with E-state index in [1.807, 2.05) is 30.1 Å². The van der Waals surface area contributed by atoms with E-state index < -0.39 is 5.41 Å². The highest BCUT2D eigenvalue weighted by atomic mass is 32.2. The number of hydrogen-bond donors (Lipinski definition) is 0. The molecule has 1 spiro atoms. The molecule has 1 aliphatic carbocycles. The fourth-order valence-corrected chi connectivity index (χ4v) is 8.79. The molecule has 3 heterocycles. The van der Waals surface area contributed by atoms with Crippen molar-refractivity contribution < 1.29 is 0 Å². The van der Waals surface area contributed by atoms with Gasteiger partial charge in [0.1, 0.15) is 0 Å². The molecule has 0 unspecified atom stereocenters. The molecule has 2 aromatic heterocycles. The summed E-state index contributed by atoms with van der Waals surface area (Å²) in [6.45, 7) is 0. The smallest absolute Gasteiger partial charge is 0.235 e. The van der Waals surface area contributed by atoms with Gasteiger partial charge in [0.05, 0.1) is 22.0 Å². The summed E-state index contributed by atoms with van der Waals surface area (Å²) in [5, 5.41) is 3.45. The SMILES string of the molecule is c1ccc2c(c1)Sc1ccccc1C21c2ccccc2-c2cc3c4ccccc4n(-c4ncc5ccccc5n4)c3cc21. The van der Waals surface area contributed by atoms with Crippen LogP contribution in [0.1, 0.15) is 22.3 Å². The largest absolute Gasteiger partial charge is 0.278 e. The third kappa shape index (κ3) is 2.96. The quantitative estimate of drug-likeness (QED) is 0.199. The van der Waals surface area contributed by atoms with E-state index in [-0.39, 0.29) is 0 Å². The van der Waals surface area contributed by atoms with Crippen LogP contribution in [0.4, 0.5) is 0 Å². The Hall–Kier alpha value is -5.19. The molecule has 10 rings (SSSR count). The average molecular weight is 566 g/mol. The van der Waals surface area contributed by atoms with E-state index in [1.165, 1.54) is 53.9 Å². The first kappa shape index (κ1) is 23.4. The molecule has 0 saturated carbocycles. The first-order valence-corrected chi connectivity index (χ1v) is 15.4. The van der Waals surface area contributed by atoms with Crippen molar-refractivity contribution in [3.8, 4) is 17.1 Å². The third-order valence-electron chi connectivity index (χ3n) is 9.32. The lowest BCUT2D eigenvalue weighted by Gasteiger charge is -2.39. The molecule has 0 radical (unpaired) electrons. The summed E-state index contributed by atoms with van der Waals surface area (Å²) in [6.07, 6.45) is 1.94. The van der Waals surface area contributed by atoms with Crippen LogP contribution in [0.2, 0.25) is 0 Å². The van der Waals surface area contributed by atoms with Gasteiger partial charge in [-0.25, -0.2) is 9.97 Å². The summed E-state index contributed by atoms with van der Waals surface area (Å²) >= 11 is 1.88. The second-order valence-electron chi connectivity index (χ2n) is 11.4. The Kier molecular flexibility index (Phi) is 4.59. The zero-order valence-corrected chi connectivity index (χ0v) is 23.8. The molecule has 0 fully saturated rings. The van der Waals surface area contributed by atoms with Gasteiger partial charge in [0, 0.05) is 32.1 Å². The highest BCUT2D eigenvalue weighted by Crippen LogP contribution is 2.62. The molecular formula is C39H23N3S. The number of fused-ring (bicyclic) bond motifs is 13. The molecule has 6 aromatic carbocycles. The van der Waals surface area contributed by atoms with Crippen LogP contribution < -0.4 is 0 Å². The molecule has 0 amide bonds. The van der Waals surface area contributed by atoms with E-state index in [4.69, 9.17) is 9.97 Å². The van der Waals surface area contributed by atoms with E-state index in [9.17, 15) is 0 Å². The second kappa shape index (κ2) is 8.43. The lowest BCUT2D eigenvalue weighted by molar-refractivity contribution is 0.723. The van der Waals surface area contributed by atoms with Crippen molar-refractivity contribution in [3.05, 3.63) is 162 Å². The fourth-order valence-electron chi connectivity index (χ4n) is 7.60. The summed E-state index contributed by atoms with van der Waals surface area (Å²) in [7, 11) is 0. The number of para-hydroxylation sites is 2. The van der Waals surface area contributed by atoms with Crippen LogP contribution in [-0.2, 0) is 5.41 Å². The van der Waals surface area contributed by atoms with E-state index in [1.54, 1.807) is 0 Å². The number of benzene rings is 6. The lowest BCUT2D eigenvalue weighted by atomic mass is 9.67. The number of aromatic nitrogens is 3. The van der Waals surface area contributed by atoms with E-state index in [0.29, 0.717) is 5.95 Å². The Labute approximate surface area is 252 Å². The van der Waals surface area contributed by atoms with Crippen molar-refractivity contribution in [1.82, 2.24) is 14.5 Å². The Morgan fingerprint density at radius 1 is 0.535 bits per heavy atom. The zero-order chi connectivity index (χ0) is 28.1. The van der Waals surface area contributed by atoms with Crippen molar-refractivity contribution in [3.63, 3.8) is 0 Å². The first-order chi connectivity index (χ1) is 21.3. The van der Waals surface area contributed by atoms with Gasteiger partial charge < -0.3 is 0 Å². The Morgan fingerprint density at radius 2 is 1.21 bits per heavy atom. The van der Waals surface area contributed by atoms with Crippen molar-refractivity contribution in [2.75, 3.05) is 0 Å². The number of rotatable bonds is 1. The standard InChI is InChI=1S/C39H23N3S/c1-7-17-33-24(11-1)23-40-38(41-33)42-34-18-8-3-13-26(34)28-21-27-25-12-2-4-14-29(25)39(32(27)22-35(28)42)30-15-5-9-19-36(30)43-37-20-10-6-16-31(37)39/h1-23H. The van der Waals surface area contributed by atoms with Gasteiger partial charge in [0.15, 0.2) is 0 Å². The maximum absolute atomic E-state index is 5.08. The van der Waals surface area contributed by atoms with Crippen LogP contribution in [0.25, 0.3) is 49.8 Å². The molecule has 8 aromatic rings. The average Bonchev–Trinajstić information content (AvgIpc) is 3.54. The third-order valence-corrected chi connectivity index (χ3v) is 10.5. The molecule has 4 heteroatoms. The van der Waals surface area contributed by atoms with Crippen LogP contribution in [0, 0.1) is 0 Å². The topological polar surface area (TPSA) is 30.7 Å². The lowest BCUT2D eigenvalue weighted by Crippen LogP contribution is -2.31. The zero-order valence-electron chi connectivity index (χ0n) is 23.0. The predicted molar refractivity (Wildman–Crippen MR) is 175 cm³/mol. The molecule has 200 valence electrons. The monoisotopic (exact) mass is 565 g/mol. The minimum absolute atomic E-state index is 0.427. The molecule has 2 aliphatic rings. The Morgan fingerprint density at radius 3 is 2.05 bits per heavy atom.